The number of aromatic nitrogens is 4. The van der Waals surface area contributed by atoms with E-state index >= 15 is 0 Å². The SMILES string of the molecule is CN1CCN(Cc2ccc(-c3nn(C4CCC(O)CC4)c4nc(Nc5cc(F)cc(Cl)c5)ncc34)cc2)CC1. The third kappa shape index (κ3) is 5.91. The standard InChI is InChI=1S/C29H33ClFN7O/c1-36-10-12-37(13-11-36)18-19-2-4-20(5-3-19)27-26-17-32-29(33-23-15-21(30)14-22(31)16-23)34-28(26)38(35-27)24-6-8-25(39)9-7-24/h2-5,14-17,24-25,39H,6-13,18H2,1H3,(H,32,33,34). The number of likely N-dealkylation sites (N-methyl/N-ethyl adjacent to an activating group) is 1. The van der Waals surface area contributed by atoms with Gasteiger partial charge in [-0.2, -0.15) is 10.1 Å². The lowest BCUT2D eigenvalue weighted by atomic mass is 9.93. The Morgan fingerprint density at radius 2 is 1.77 bits per heavy atom. The van der Waals surface area contributed by atoms with E-state index in [9.17, 15) is 9.50 Å². The van der Waals surface area contributed by atoms with Crippen molar-refractivity contribution in [3.05, 3.63) is 65.1 Å². The van der Waals surface area contributed by atoms with E-state index in [1.54, 1.807) is 12.3 Å². The first-order valence-electron chi connectivity index (χ1n) is 13.6. The van der Waals surface area contributed by atoms with E-state index in [0.717, 1.165) is 75.1 Å². The summed E-state index contributed by atoms with van der Waals surface area (Å²) in [4.78, 5) is 14.2. The van der Waals surface area contributed by atoms with Crippen LogP contribution in [0.4, 0.5) is 16.0 Å². The van der Waals surface area contributed by atoms with E-state index < -0.39 is 5.82 Å². The monoisotopic (exact) mass is 549 g/mol. The first-order chi connectivity index (χ1) is 18.9. The highest BCUT2D eigenvalue weighted by molar-refractivity contribution is 6.30. The minimum Gasteiger partial charge on any atom is -0.393 e. The minimum absolute atomic E-state index is 0.132. The van der Waals surface area contributed by atoms with E-state index in [2.05, 4.69) is 51.4 Å². The summed E-state index contributed by atoms with van der Waals surface area (Å²) in [5.74, 6) is -0.0922. The molecule has 1 aliphatic carbocycles. The normalized spacial score (nSPS) is 20.9. The summed E-state index contributed by atoms with van der Waals surface area (Å²) in [5, 5.41) is 19.3. The van der Waals surface area contributed by atoms with Crippen LogP contribution in [-0.2, 0) is 6.54 Å². The quantitative estimate of drug-likeness (QED) is 0.340. The van der Waals surface area contributed by atoms with Crippen LogP contribution >= 0.6 is 11.6 Å². The van der Waals surface area contributed by atoms with E-state index in [1.165, 1.54) is 17.7 Å². The Morgan fingerprint density at radius 3 is 2.49 bits per heavy atom. The Balaban J connectivity index is 1.31. The Morgan fingerprint density at radius 1 is 1.03 bits per heavy atom. The molecule has 0 radical (unpaired) electrons. The van der Waals surface area contributed by atoms with Crippen LogP contribution in [0.25, 0.3) is 22.3 Å². The number of anilines is 2. The van der Waals surface area contributed by atoms with Crippen LogP contribution in [0.2, 0.25) is 5.02 Å². The predicted molar refractivity (Wildman–Crippen MR) is 152 cm³/mol. The number of nitrogens with one attached hydrogen (secondary N) is 1. The second-order valence-corrected chi connectivity index (χ2v) is 11.2. The second-order valence-electron chi connectivity index (χ2n) is 10.7. The zero-order chi connectivity index (χ0) is 26.9. The van der Waals surface area contributed by atoms with Crippen molar-refractivity contribution >= 4 is 34.3 Å². The fourth-order valence-corrected chi connectivity index (χ4v) is 5.76. The molecule has 2 aromatic carbocycles. The van der Waals surface area contributed by atoms with E-state index in [0.29, 0.717) is 22.3 Å². The number of fused-ring (bicyclic) bond motifs is 1. The number of benzene rings is 2. The molecule has 2 fully saturated rings. The second kappa shape index (κ2) is 11.2. The largest absolute Gasteiger partial charge is 0.393 e. The van der Waals surface area contributed by atoms with Gasteiger partial charge in [-0.25, -0.2) is 14.1 Å². The first-order valence-corrected chi connectivity index (χ1v) is 14.0. The van der Waals surface area contributed by atoms with Gasteiger partial charge in [0.2, 0.25) is 5.95 Å². The maximum absolute atomic E-state index is 13.9. The summed E-state index contributed by atoms with van der Waals surface area (Å²) in [6.45, 7) is 5.30. The molecule has 3 heterocycles. The number of hydrogen-bond donors (Lipinski definition) is 2. The number of rotatable bonds is 6. The molecule has 0 unspecified atom stereocenters. The summed E-state index contributed by atoms with van der Waals surface area (Å²) < 4.78 is 15.9. The Labute approximate surface area is 232 Å². The van der Waals surface area contributed by atoms with Gasteiger partial charge in [0.05, 0.1) is 17.5 Å². The first kappa shape index (κ1) is 26.1. The molecule has 39 heavy (non-hydrogen) atoms. The number of piperazine rings is 1. The number of halogens is 2. The maximum atomic E-state index is 13.9. The molecule has 6 rings (SSSR count). The molecule has 0 amide bonds. The van der Waals surface area contributed by atoms with Crippen LogP contribution < -0.4 is 5.32 Å². The Kier molecular flexibility index (Phi) is 7.49. The van der Waals surface area contributed by atoms with Gasteiger partial charge in [-0.1, -0.05) is 35.9 Å². The van der Waals surface area contributed by atoms with Gasteiger partial charge in [0.1, 0.15) is 11.5 Å². The summed E-state index contributed by atoms with van der Waals surface area (Å²) in [6, 6.07) is 13.0. The van der Waals surface area contributed by atoms with Crippen molar-refractivity contribution in [2.45, 2.75) is 44.4 Å². The number of nitrogens with zero attached hydrogens (tertiary/aromatic N) is 6. The minimum atomic E-state index is -0.435. The lowest BCUT2D eigenvalue weighted by Gasteiger charge is -2.32. The van der Waals surface area contributed by atoms with Gasteiger partial charge in [-0.05, 0) is 56.5 Å². The van der Waals surface area contributed by atoms with Gasteiger partial charge in [-0.15, -0.1) is 0 Å². The van der Waals surface area contributed by atoms with Crippen molar-refractivity contribution < 1.29 is 9.50 Å². The summed E-state index contributed by atoms with van der Waals surface area (Å²) in [7, 11) is 2.17. The third-order valence-electron chi connectivity index (χ3n) is 7.81. The molecule has 0 bridgehead atoms. The van der Waals surface area contributed by atoms with Crippen molar-refractivity contribution in [3.8, 4) is 11.3 Å². The molecule has 2 aromatic heterocycles. The van der Waals surface area contributed by atoms with Crippen molar-refractivity contribution in [3.63, 3.8) is 0 Å². The van der Waals surface area contributed by atoms with Crippen molar-refractivity contribution in [2.75, 3.05) is 38.5 Å². The van der Waals surface area contributed by atoms with Crippen LogP contribution in [0.1, 0.15) is 37.3 Å². The van der Waals surface area contributed by atoms with Gasteiger partial charge >= 0.3 is 0 Å². The Bertz CT molecular complexity index is 1420. The van der Waals surface area contributed by atoms with Crippen LogP contribution in [0.5, 0.6) is 0 Å². The summed E-state index contributed by atoms with van der Waals surface area (Å²) >= 11 is 6.03. The molecule has 1 aliphatic heterocycles. The molecule has 0 spiro atoms. The predicted octanol–water partition coefficient (Wildman–Crippen LogP) is 5.25. The molecule has 1 saturated heterocycles. The smallest absolute Gasteiger partial charge is 0.229 e. The molecular formula is C29H33ClFN7O. The van der Waals surface area contributed by atoms with Gasteiger partial charge in [0.15, 0.2) is 5.65 Å². The summed E-state index contributed by atoms with van der Waals surface area (Å²) in [6.07, 6.45) is 4.64. The molecule has 204 valence electrons. The van der Waals surface area contributed by atoms with E-state index in [-0.39, 0.29) is 12.1 Å². The lowest BCUT2D eigenvalue weighted by Crippen LogP contribution is -2.43. The highest BCUT2D eigenvalue weighted by atomic mass is 35.5. The highest BCUT2D eigenvalue weighted by Gasteiger charge is 2.26. The van der Waals surface area contributed by atoms with Crippen LogP contribution in [-0.4, -0.2) is 74.0 Å². The van der Waals surface area contributed by atoms with E-state index in [4.69, 9.17) is 21.7 Å². The highest BCUT2D eigenvalue weighted by Crippen LogP contribution is 2.35. The van der Waals surface area contributed by atoms with E-state index in [1.807, 2.05) is 4.68 Å². The molecule has 8 nitrogen and oxygen atoms in total. The lowest BCUT2D eigenvalue weighted by molar-refractivity contribution is 0.109. The van der Waals surface area contributed by atoms with Gasteiger partial charge in [0.25, 0.3) is 0 Å². The van der Waals surface area contributed by atoms with Gasteiger partial charge in [0, 0.05) is 55.2 Å². The molecule has 0 atom stereocenters. The van der Waals surface area contributed by atoms with Gasteiger partial charge < -0.3 is 15.3 Å². The van der Waals surface area contributed by atoms with Crippen molar-refractivity contribution in [2.24, 2.45) is 0 Å². The number of aliphatic hydroxyl groups excluding tert-OH is 1. The zero-order valence-corrected chi connectivity index (χ0v) is 22.8. The molecule has 10 heteroatoms. The fraction of sp³-hybridized carbons (Fsp3) is 0.414. The maximum Gasteiger partial charge on any atom is 0.229 e. The van der Waals surface area contributed by atoms with Crippen molar-refractivity contribution in [1.29, 1.82) is 0 Å². The average Bonchev–Trinajstić information content (AvgIpc) is 3.29. The van der Waals surface area contributed by atoms with Gasteiger partial charge in [-0.3, -0.25) is 4.90 Å². The van der Waals surface area contributed by atoms with Crippen LogP contribution in [0, 0.1) is 5.82 Å². The molecule has 4 aromatic rings. The topological polar surface area (TPSA) is 82.3 Å². The third-order valence-corrected chi connectivity index (χ3v) is 8.03. The zero-order valence-electron chi connectivity index (χ0n) is 22.0. The summed E-state index contributed by atoms with van der Waals surface area (Å²) in [5.41, 5.74) is 4.32. The number of hydrogen-bond acceptors (Lipinski definition) is 7. The Hall–Kier alpha value is -3.11. The van der Waals surface area contributed by atoms with Crippen LogP contribution in [0.3, 0.4) is 0 Å². The number of aliphatic hydroxyl groups is 1. The fourth-order valence-electron chi connectivity index (χ4n) is 5.54. The molecular weight excluding hydrogens is 517 g/mol. The molecule has 2 N–H and O–H groups in total. The van der Waals surface area contributed by atoms with Crippen molar-refractivity contribution in [1.82, 2.24) is 29.5 Å². The van der Waals surface area contributed by atoms with Crippen LogP contribution in [0.15, 0.2) is 48.7 Å². The molecule has 1 saturated carbocycles. The molecule has 2 aliphatic rings. The average molecular weight is 550 g/mol.